The molecule has 30 heavy (non-hydrogen) atoms. The summed E-state index contributed by atoms with van der Waals surface area (Å²) in [4.78, 5) is 30.8. The summed E-state index contributed by atoms with van der Waals surface area (Å²) in [5.74, 6) is -1.30. The van der Waals surface area contributed by atoms with Crippen molar-refractivity contribution >= 4 is 33.1 Å². The van der Waals surface area contributed by atoms with Crippen LogP contribution in [0.5, 0.6) is 0 Å². The van der Waals surface area contributed by atoms with E-state index in [4.69, 9.17) is 0 Å². The van der Waals surface area contributed by atoms with Gasteiger partial charge in [0.25, 0.3) is 11.5 Å². The molecule has 0 spiro atoms. The second kappa shape index (κ2) is 7.79. The average molecular weight is 425 g/mol. The highest BCUT2D eigenvalue weighted by Gasteiger charge is 2.20. The number of carbonyl (C=O) groups is 1. The number of rotatable bonds is 4. The Labute approximate surface area is 174 Å². The monoisotopic (exact) mass is 425 g/mol. The lowest BCUT2D eigenvalue weighted by Gasteiger charge is -2.08. The predicted octanol–water partition coefficient (Wildman–Crippen LogP) is 4.65. The summed E-state index contributed by atoms with van der Waals surface area (Å²) in [7, 11) is 0. The minimum Gasteiger partial charge on any atom is -0.321 e. The van der Waals surface area contributed by atoms with Gasteiger partial charge in [-0.2, -0.15) is 0 Å². The first-order valence-electron chi connectivity index (χ1n) is 9.14. The molecule has 0 atom stereocenters. The first-order valence-corrected chi connectivity index (χ1v) is 9.96. The molecule has 0 unspecified atom stereocenters. The lowest BCUT2D eigenvalue weighted by molar-refractivity contribution is 0.103. The van der Waals surface area contributed by atoms with E-state index in [9.17, 15) is 18.4 Å². The van der Waals surface area contributed by atoms with Gasteiger partial charge in [-0.05, 0) is 43.2 Å². The number of anilines is 1. The zero-order chi connectivity index (χ0) is 21.4. The van der Waals surface area contributed by atoms with Crippen LogP contribution in [0, 0.1) is 25.5 Å². The quantitative estimate of drug-likeness (QED) is 0.518. The molecule has 2 aromatic carbocycles. The molecule has 0 saturated carbocycles. The number of benzene rings is 2. The normalized spacial score (nSPS) is 11.1. The summed E-state index contributed by atoms with van der Waals surface area (Å²) in [6, 6.07) is 10.4. The SMILES string of the molecule is Cc1ccc(F)cc1NC(=O)c1sc2ncn(Cc3ccccc3F)c(=O)c2c1C. The maximum Gasteiger partial charge on any atom is 0.266 e. The molecular weight excluding hydrogens is 408 g/mol. The predicted molar refractivity (Wildman–Crippen MR) is 113 cm³/mol. The Bertz CT molecular complexity index is 1340. The van der Waals surface area contributed by atoms with Gasteiger partial charge in [-0.25, -0.2) is 13.8 Å². The Balaban J connectivity index is 1.71. The summed E-state index contributed by atoms with van der Waals surface area (Å²) in [6.45, 7) is 3.46. The zero-order valence-corrected chi connectivity index (χ0v) is 17.0. The van der Waals surface area contributed by atoms with Crippen LogP contribution in [0.1, 0.15) is 26.4 Å². The molecule has 0 aliphatic heterocycles. The van der Waals surface area contributed by atoms with Crippen molar-refractivity contribution in [1.29, 1.82) is 0 Å². The molecule has 1 N–H and O–H groups in total. The second-order valence-corrected chi connectivity index (χ2v) is 7.92. The summed E-state index contributed by atoms with van der Waals surface area (Å²) in [5.41, 5.74) is 1.59. The second-order valence-electron chi connectivity index (χ2n) is 6.92. The van der Waals surface area contributed by atoms with Crippen LogP contribution < -0.4 is 10.9 Å². The van der Waals surface area contributed by atoms with Gasteiger partial charge in [-0.1, -0.05) is 24.3 Å². The van der Waals surface area contributed by atoms with E-state index in [0.717, 1.165) is 11.3 Å². The number of hydrogen-bond donors (Lipinski definition) is 1. The molecule has 152 valence electrons. The van der Waals surface area contributed by atoms with Gasteiger partial charge in [0.2, 0.25) is 0 Å². The van der Waals surface area contributed by atoms with E-state index in [0.29, 0.717) is 37.5 Å². The number of nitrogens with zero attached hydrogens (tertiary/aromatic N) is 2. The van der Waals surface area contributed by atoms with Gasteiger partial charge >= 0.3 is 0 Å². The number of fused-ring (bicyclic) bond motifs is 1. The molecule has 0 aliphatic rings. The Hall–Kier alpha value is -3.39. The van der Waals surface area contributed by atoms with Gasteiger partial charge in [0.1, 0.15) is 16.5 Å². The third-order valence-corrected chi connectivity index (χ3v) is 6.07. The molecule has 0 bridgehead atoms. The highest BCUT2D eigenvalue weighted by molar-refractivity contribution is 7.20. The molecule has 0 aliphatic carbocycles. The first kappa shape index (κ1) is 19.9. The fourth-order valence-corrected chi connectivity index (χ4v) is 4.24. The van der Waals surface area contributed by atoms with Crippen LogP contribution in [-0.2, 0) is 6.54 Å². The molecule has 1 amide bonds. The highest BCUT2D eigenvalue weighted by atomic mass is 32.1. The lowest BCUT2D eigenvalue weighted by atomic mass is 10.1. The molecule has 2 aromatic heterocycles. The van der Waals surface area contributed by atoms with E-state index < -0.39 is 17.5 Å². The van der Waals surface area contributed by atoms with Crippen LogP contribution in [0.4, 0.5) is 14.5 Å². The summed E-state index contributed by atoms with van der Waals surface area (Å²) in [5, 5.41) is 3.02. The highest BCUT2D eigenvalue weighted by Crippen LogP contribution is 2.28. The molecular formula is C22H17F2N3O2S. The standard InChI is InChI=1S/C22H17F2N3O2S/c1-12-7-8-15(23)9-17(12)26-20(28)19-13(2)18-21(30-19)25-11-27(22(18)29)10-14-5-3-4-6-16(14)24/h3-9,11H,10H2,1-2H3,(H,26,28). The lowest BCUT2D eigenvalue weighted by Crippen LogP contribution is -2.21. The number of hydrogen-bond acceptors (Lipinski definition) is 4. The van der Waals surface area contributed by atoms with Crippen molar-refractivity contribution in [3.05, 3.63) is 92.3 Å². The molecule has 0 saturated heterocycles. The van der Waals surface area contributed by atoms with E-state index in [-0.39, 0.29) is 12.1 Å². The van der Waals surface area contributed by atoms with Crippen molar-refractivity contribution < 1.29 is 13.6 Å². The van der Waals surface area contributed by atoms with Crippen molar-refractivity contribution in [1.82, 2.24) is 9.55 Å². The largest absolute Gasteiger partial charge is 0.321 e. The topological polar surface area (TPSA) is 64.0 Å². The summed E-state index contributed by atoms with van der Waals surface area (Å²) >= 11 is 1.09. The van der Waals surface area contributed by atoms with E-state index in [1.165, 1.54) is 29.1 Å². The Kier molecular flexibility index (Phi) is 5.17. The summed E-state index contributed by atoms with van der Waals surface area (Å²) < 4.78 is 28.8. The van der Waals surface area contributed by atoms with Gasteiger partial charge in [-0.15, -0.1) is 11.3 Å². The van der Waals surface area contributed by atoms with E-state index in [1.807, 2.05) is 0 Å². The van der Waals surface area contributed by atoms with Gasteiger partial charge in [0.05, 0.1) is 23.1 Å². The maximum atomic E-state index is 14.0. The van der Waals surface area contributed by atoms with Gasteiger partial charge in [-0.3, -0.25) is 14.2 Å². The number of nitrogens with one attached hydrogen (secondary N) is 1. The fourth-order valence-electron chi connectivity index (χ4n) is 3.21. The van der Waals surface area contributed by atoms with Crippen LogP contribution in [0.3, 0.4) is 0 Å². The number of carbonyl (C=O) groups excluding carboxylic acids is 1. The van der Waals surface area contributed by atoms with Crippen LogP contribution in [0.15, 0.2) is 53.6 Å². The minimum absolute atomic E-state index is 0.0355. The number of aryl methyl sites for hydroxylation is 2. The molecule has 2 heterocycles. The van der Waals surface area contributed by atoms with Crippen molar-refractivity contribution in [2.24, 2.45) is 0 Å². The Morgan fingerprint density at radius 1 is 1.17 bits per heavy atom. The van der Waals surface area contributed by atoms with Gasteiger partial charge in [0.15, 0.2) is 0 Å². The van der Waals surface area contributed by atoms with Gasteiger partial charge in [0, 0.05) is 11.3 Å². The van der Waals surface area contributed by atoms with Crippen molar-refractivity contribution in [2.75, 3.05) is 5.32 Å². The molecule has 4 rings (SSSR count). The fraction of sp³-hybridized carbons (Fsp3) is 0.136. The zero-order valence-electron chi connectivity index (χ0n) is 16.2. The van der Waals surface area contributed by atoms with Crippen LogP contribution in [0.2, 0.25) is 0 Å². The number of halogens is 2. The molecule has 0 radical (unpaired) electrons. The number of aromatic nitrogens is 2. The van der Waals surface area contributed by atoms with Crippen LogP contribution in [0.25, 0.3) is 10.2 Å². The van der Waals surface area contributed by atoms with Crippen LogP contribution in [-0.4, -0.2) is 15.5 Å². The number of thiophene rings is 1. The van der Waals surface area contributed by atoms with E-state index >= 15 is 0 Å². The van der Waals surface area contributed by atoms with E-state index in [2.05, 4.69) is 10.3 Å². The van der Waals surface area contributed by atoms with Crippen molar-refractivity contribution in [2.45, 2.75) is 20.4 Å². The third kappa shape index (κ3) is 3.61. The maximum absolute atomic E-state index is 14.0. The number of amides is 1. The molecule has 4 aromatic rings. The molecule has 8 heteroatoms. The van der Waals surface area contributed by atoms with Gasteiger partial charge < -0.3 is 5.32 Å². The molecule has 0 fully saturated rings. The minimum atomic E-state index is -0.457. The molecule has 5 nitrogen and oxygen atoms in total. The van der Waals surface area contributed by atoms with Crippen LogP contribution >= 0.6 is 11.3 Å². The third-order valence-electron chi connectivity index (χ3n) is 4.87. The van der Waals surface area contributed by atoms with Crippen molar-refractivity contribution in [3.63, 3.8) is 0 Å². The van der Waals surface area contributed by atoms with E-state index in [1.54, 1.807) is 38.1 Å². The smallest absolute Gasteiger partial charge is 0.266 e. The summed E-state index contributed by atoms with van der Waals surface area (Å²) in [6.07, 6.45) is 1.35. The average Bonchev–Trinajstić information content (AvgIpc) is 3.06. The van der Waals surface area contributed by atoms with Crippen molar-refractivity contribution in [3.8, 4) is 0 Å². The Morgan fingerprint density at radius 3 is 2.70 bits per heavy atom. The first-order chi connectivity index (χ1) is 14.3. The Morgan fingerprint density at radius 2 is 1.93 bits per heavy atom.